The molecule has 8 rings (SSSR count). The minimum Gasteiger partial charge on any atom is -0.465 e. The van der Waals surface area contributed by atoms with Crippen LogP contribution in [0.4, 0.5) is 0 Å². The van der Waals surface area contributed by atoms with Crippen LogP contribution in [0.2, 0.25) is 0 Å². The molecule has 8 aromatic rings. The minimum atomic E-state index is -1.06. The number of esters is 2. The average Bonchev–Trinajstić information content (AvgIpc) is 4.00. The second kappa shape index (κ2) is 17.3. The maximum Gasteiger partial charge on any atom is 0.343 e. The SMILES string of the molecule is CCCC(=O)OC(C)OC(=O)c1cccc2nc(OCC)n(Cc3ccc(-n4cc(C)cc4-c4nnnn4C(c4ccccc4)(c4ccccc4)c4ccccc4)cc3)c12. The van der Waals surface area contributed by atoms with Gasteiger partial charge in [-0.25, -0.2) is 9.48 Å². The maximum atomic E-state index is 13.5. The molecule has 12 nitrogen and oxygen atoms in total. The highest BCUT2D eigenvalue weighted by atomic mass is 16.7. The lowest BCUT2D eigenvalue weighted by atomic mass is 9.77. The molecule has 1 atom stereocenters. The number of ether oxygens (including phenoxy) is 3. The van der Waals surface area contributed by atoms with E-state index in [-0.39, 0.29) is 12.0 Å². The molecule has 0 saturated heterocycles. The number of carbonyl (C=O) groups is 2. The summed E-state index contributed by atoms with van der Waals surface area (Å²) in [6, 6.07) is 46.9. The van der Waals surface area contributed by atoms with Crippen LogP contribution in [-0.4, -0.2) is 59.2 Å². The van der Waals surface area contributed by atoms with Crippen molar-refractivity contribution in [2.45, 2.75) is 58.9 Å². The number of rotatable bonds is 15. The molecule has 0 fully saturated rings. The summed E-state index contributed by atoms with van der Waals surface area (Å²) in [6.07, 6.45) is 1.89. The van der Waals surface area contributed by atoms with Crippen molar-refractivity contribution >= 4 is 23.0 Å². The van der Waals surface area contributed by atoms with E-state index in [2.05, 4.69) is 65.4 Å². The molecular weight excluding hydrogens is 755 g/mol. The standard InChI is InChI=1S/C48H45N7O5/c1-5-17-43(56)59-34(4)60-46(57)40-24-16-25-41-44(40)54(47(49-41)58-6-2)32-35-26-28-39(29-27-35)53-31-33(3)30-42(53)45-50-51-52-55(45)48(36-18-10-7-11-19-36,37-20-12-8-13-21-37)38-22-14-9-15-23-38/h7-16,18-31,34H,5-6,17,32H2,1-4H3. The van der Waals surface area contributed by atoms with Gasteiger partial charge >= 0.3 is 11.9 Å². The van der Waals surface area contributed by atoms with Gasteiger partial charge < -0.3 is 18.8 Å². The van der Waals surface area contributed by atoms with Crippen LogP contribution in [0.25, 0.3) is 28.2 Å². The molecule has 5 aromatic carbocycles. The molecular formula is C48H45N7O5. The van der Waals surface area contributed by atoms with Crippen molar-refractivity contribution in [3.63, 3.8) is 0 Å². The largest absolute Gasteiger partial charge is 0.465 e. The van der Waals surface area contributed by atoms with Gasteiger partial charge in [0.1, 0.15) is 5.54 Å². The number of carbonyl (C=O) groups excluding carboxylic acids is 2. The number of nitrogens with zero attached hydrogens (tertiary/aromatic N) is 7. The van der Waals surface area contributed by atoms with Crippen molar-refractivity contribution in [3.8, 4) is 23.2 Å². The number of tetrazole rings is 1. The minimum absolute atomic E-state index is 0.238. The van der Waals surface area contributed by atoms with Gasteiger partial charge in [0.25, 0.3) is 6.01 Å². The molecule has 0 N–H and O–H groups in total. The molecule has 60 heavy (non-hydrogen) atoms. The maximum absolute atomic E-state index is 13.5. The predicted octanol–water partition coefficient (Wildman–Crippen LogP) is 8.92. The Hall–Kier alpha value is -7.34. The number of imidazole rings is 1. The van der Waals surface area contributed by atoms with Gasteiger partial charge in [0.15, 0.2) is 0 Å². The third kappa shape index (κ3) is 7.55. The van der Waals surface area contributed by atoms with E-state index in [0.29, 0.717) is 42.4 Å². The molecule has 0 aliphatic heterocycles. The molecule has 0 radical (unpaired) electrons. The monoisotopic (exact) mass is 799 g/mol. The number of aryl methyl sites for hydroxylation is 1. The zero-order chi connectivity index (χ0) is 41.6. The van der Waals surface area contributed by atoms with E-state index in [0.717, 1.165) is 39.2 Å². The second-order valence-corrected chi connectivity index (χ2v) is 14.5. The van der Waals surface area contributed by atoms with Gasteiger partial charge in [-0.3, -0.25) is 9.36 Å². The first kappa shape index (κ1) is 39.5. The lowest BCUT2D eigenvalue weighted by Gasteiger charge is -2.36. The van der Waals surface area contributed by atoms with Crippen molar-refractivity contribution in [2.24, 2.45) is 0 Å². The van der Waals surface area contributed by atoms with Crippen LogP contribution in [0.15, 0.2) is 146 Å². The van der Waals surface area contributed by atoms with E-state index in [4.69, 9.17) is 29.5 Å². The lowest BCUT2D eigenvalue weighted by Crippen LogP contribution is -2.39. The van der Waals surface area contributed by atoms with Crippen LogP contribution in [0, 0.1) is 6.92 Å². The average molecular weight is 800 g/mol. The summed E-state index contributed by atoms with van der Waals surface area (Å²) < 4.78 is 22.7. The summed E-state index contributed by atoms with van der Waals surface area (Å²) in [5, 5.41) is 13.8. The van der Waals surface area contributed by atoms with E-state index >= 15 is 0 Å². The van der Waals surface area contributed by atoms with Gasteiger partial charge in [-0.15, -0.1) is 5.10 Å². The second-order valence-electron chi connectivity index (χ2n) is 14.5. The highest BCUT2D eigenvalue weighted by Crippen LogP contribution is 2.42. The number of benzene rings is 5. The molecule has 3 heterocycles. The predicted molar refractivity (Wildman–Crippen MR) is 228 cm³/mol. The first-order chi connectivity index (χ1) is 29.3. The molecule has 0 amide bonds. The third-order valence-electron chi connectivity index (χ3n) is 10.4. The summed E-state index contributed by atoms with van der Waals surface area (Å²) in [7, 11) is 0. The molecule has 1 unspecified atom stereocenters. The molecule has 0 bridgehead atoms. The first-order valence-corrected chi connectivity index (χ1v) is 20.1. The van der Waals surface area contributed by atoms with E-state index in [9.17, 15) is 9.59 Å². The van der Waals surface area contributed by atoms with Crippen molar-refractivity contribution < 1.29 is 23.8 Å². The zero-order valence-electron chi connectivity index (χ0n) is 33.9. The van der Waals surface area contributed by atoms with Crippen LogP contribution in [0.1, 0.15) is 71.8 Å². The molecule has 0 aliphatic rings. The molecule has 0 aliphatic carbocycles. The van der Waals surface area contributed by atoms with Crippen molar-refractivity contribution in [1.29, 1.82) is 0 Å². The quantitative estimate of drug-likeness (QED) is 0.0567. The summed E-state index contributed by atoms with van der Waals surface area (Å²) in [6.45, 7) is 8.07. The number of aromatic nitrogens is 7. The molecule has 0 saturated carbocycles. The smallest absolute Gasteiger partial charge is 0.343 e. The first-order valence-electron chi connectivity index (χ1n) is 20.1. The Bertz CT molecular complexity index is 2630. The topological polar surface area (TPSA) is 128 Å². The fraction of sp³-hybridized carbons (Fsp3) is 0.208. The van der Waals surface area contributed by atoms with Crippen LogP contribution in [0.5, 0.6) is 6.01 Å². The Balaban J connectivity index is 1.17. The van der Waals surface area contributed by atoms with E-state index in [1.165, 1.54) is 6.92 Å². The van der Waals surface area contributed by atoms with E-state index < -0.39 is 23.8 Å². The lowest BCUT2D eigenvalue weighted by molar-refractivity contribution is -0.165. The Morgan fingerprint density at radius 1 is 0.767 bits per heavy atom. The summed E-state index contributed by atoms with van der Waals surface area (Å²) in [4.78, 5) is 30.3. The normalized spacial score (nSPS) is 12.0. The van der Waals surface area contributed by atoms with Crippen molar-refractivity contribution in [3.05, 3.63) is 179 Å². The van der Waals surface area contributed by atoms with Crippen molar-refractivity contribution in [1.82, 2.24) is 34.3 Å². The summed E-state index contributed by atoms with van der Waals surface area (Å²) in [5.41, 5.74) is 7.21. The summed E-state index contributed by atoms with van der Waals surface area (Å²) in [5.74, 6) is -0.474. The van der Waals surface area contributed by atoms with Gasteiger partial charge in [-0.1, -0.05) is 116 Å². The highest BCUT2D eigenvalue weighted by molar-refractivity contribution is 6.02. The van der Waals surface area contributed by atoms with Gasteiger partial charge in [0.2, 0.25) is 12.1 Å². The Kier molecular flexibility index (Phi) is 11.4. The van der Waals surface area contributed by atoms with Crippen LogP contribution >= 0.6 is 0 Å². The van der Waals surface area contributed by atoms with E-state index in [1.54, 1.807) is 12.1 Å². The van der Waals surface area contributed by atoms with Crippen LogP contribution < -0.4 is 4.74 Å². The third-order valence-corrected chi connectivity index (χ3v) is 10.4. The molecule has 12 heteroatoms. The highest BCUT2D eigenvalue weighted by Gasteiger charge is 2.42. The zero-order valence-corrected chi connectivity index (χ0v) is 33.9. The fourth-order valence-corrected chi connectivity index (χ4v) is 7.81. The Labute approximate surface area is 348 Å². The number of fused-ring (bicyclic) bond motifs is 1. The Morgan fingerprint density at radius 3 is 2.00 bits per heavy atom. The van der Waals surface area contributed by atoms with Gasteiger partial charge in [-0.05, 0) is 88.8 Å². The number of hydrogen-bond acceptors (Lipinski definition) is 9. The molecule has 0 spiro atoms. The molecule has 3 aromatic heterocycles. The Morgan fingerprint density at radius 2 is 1.40 bits per heavy atom. The van der Waals surface area contributed by atoms with E-state index in [1.807, 2.05) is 108 Å². The van der Waals surface area contributed by atoms with Crippen LogP contribution in [0.3, 0.4) is 0 Å². The van der Waals surface area contributed by atoms with Gasteiger partial charge in [0.05, 0.1) is 35.4 Å². The summed E-state index contributed by atoms with van der Waals surface area (Å²) >= 11 is 0. The fourth-order valence-electron chi connectivity index (χ4n) is 7.81. The molecule has 302 valence electrons. The van der Waals surface area contributed by atoms with Crippen molar-refractivity contribution in [2.75, 3.05) is 6.61 Å². The number of para-hydroxylation sites is 1. The number of hydrogen-bond donors (Lipinski definition) is 0. The van der Waals surface area contributed by atoms with Crippen LogP contribution in [-0.2, 0) is 26.4 Å². The van der Waals surface area contributed by atoms with Gasteiger partial charge in [0, 0.05) is 25.2 Å². The van der Waals surface area contributed by atoms with Gasteiger partial charge in [-0.2, -0.15) is 4.98 Å².